The minimum absolute atomic E-state index is 0.0570. The lowest BCUT2D eigenvalue weighted by Gasteiger charge is -2.30. The van der Waals surface area contributed by atoms with Gasteiger partial charge in [0.2, 0.25) is 5.91 Å². The van der Waals surface area contributed by atoms with Crippen molar-refractivity contribution in [1.82, 2.24) is 5.32 Å². The molecule has 0 saturated heterocycles. The molecule has 4 nitrogen and oxygen atoms in total. The minimum Gasteiger partial charge on any atom is -0.374 e. The summed E-state index contributed by atoms with van der Waals surface area (Å²) >= 11 is 4.34. The quantitative estimate of drug-likeness (QED) is 0.358. The van der Waals surface area contributed by atoms with Crippen LogP contribution in [0.15, 0.2) is 52.1 Å². The molecule has 3 rings (SSSR count). The Morgan fingerprint density at radius 1 is 1.17 bits per heavy atom. The predicted molar refractivity (Wildman–Crippen MR) is 125 cm³/mol. The van der Waals surface area contributed by atoms with Gasteiger partial charge in [0.25, 0.3) is 5.60 Å². The number of benzene rings is 2. The molecule has 12 heteroatoms. The van der Waals surface area contributed by atoms with E-state index in [1.165, 1.54) is 23.9 Å². The fourth-order valence-corrected chi connectivity index (χ4v) is 4.54. The number of halogens is 7. The van der Waals surface area contributed by atoms with Gasteiger partial charge in [0.05, 0.1) is 23.1 Å². The van der Waals surface area contributed by atoms with Gasteiger partial charge < -0.3 is 10.2 Å². The first-order valence-corrected chi connectivity index (χ1v) is 12.4. The van der Waals surface area contributed by atoms with Crippen LogP contribution in [0.5, 0.6) is 0 Å². The summed E-state index contributed by atoms with van der Waals surface area (Å²) in [7, 11) is 0. The summed E-state index contributed by atoms with van der Waals surface area (Å²) in [5.41, 5.74) is -4.01. The Morgan fingerprint density at radius 3 is 2.40 bits per heavy atom. The molecule has 1 heterocycles. The molecule has 35 heavy (non-hydrogen) atoms. The lowest BCUT2D eigenvalue weighted by molar-refractivity contribution is -0.276. The molecule has 0 aromatic heterocycles. The number of amides is 1. The third-order valence-corrected chi connectivity index (χ3v) is 6.77. The number of rotatable bonds is 7. The molecule has 0 radical (unpaired) electrons. The number of carbonyl (C=O) groups is 1. The van der Waals surface area contributed by atoms with E-state index in [0.29, 0.717) is 23.4 Å². The lowest BCUT2D eigenvalue weighted by atomic mass is 9.85. The van der Waals surface area contributed by atoms with Gasteiger partial charge in [-0.2, -0.15) is 38.1 Å². The molecule has 1 aliphatic heterocycles. The van der Waals surface area contributed by atoms with E-state index < -0.39 is 35.5 Å². The summed E-state index contributed by atoms with van der Waals surface area (Å²) in [5.74, 6) is 0.986. The summed E-state index contributed by atoms with van der Waals surface area (Å²) in [6.07, 6.45) is -10.7. The number of carbonyl (C=O) groups excluding carboxylic acids is 1. The molecular weight excluding hydrogens is 562 g/mol. The average molecular weight is 583 g/mol. The van der Waals surface area contributed by atoms with E-state index in [1.54, 1.807) is 19.1 Å². The molecule has 0 bridgehead atoms. The molecule has 1 amide bonds. The van der Waals surface area contributed by atoms with E-state index in [2.05, 4.69) is 26.4 Å². The number of hydrogen-bond acceptors (Lipinski definition) is 4. The Hall–Kier alpha value is -2.21. The topological polar surface area (TPSA) is 50.7 Å². The first kappa shape index (κ1) is 27.4. The highest BCUT2D eigenvalue weighted by molar-refractivity contribution is 9.10. The molecule has 0 fully saturated rings. The zero-order valence-corrected chi connectivity index (χ0v) is 21.0. The summed E-state index contributed by atoms with van der Waals surface area (Å²) in [4.78, 5) is 16.8. The van der Waals surface area contributed by atoms with E-state index in [0.717, 1.165) is 17.4 Å². The minimum atomic E-state index is -5.04. The van der Waals surface area contributed by atoms with Gasteiger partial charge in [0.1, 0.15) is 0 Å². The van der Waals surface area contributed by atoms with Crippen LogP contribution >= 0.6 is 27.7 Å². The zero-order chi connectivity index (χ0) is 26.0. The Balaban J connectivity index is 1.85. The number of nitrogens with one attached hydrogen (secondary N) is 1. The summed E-state index contributed by atoms with van der Waals surface area (Å²) in [5, 5.41) is 6.45. The van der Waals surface area contributed by atoms with Gasteiger partial charge in [0.15, 0.2) is 0 Å². The first-order valence-electron chi connectivity index (χ1n) is 10.4. The van der Waals surface area contributed by atoms with Gasteiger partial charge in [0, 0.05) is 16.5 Å². The number of oxime groups is 1. The van der Waals surface area contributed by atoms with Crippen LogP contribution in [-0.2, 0) is 21.4 Å². The zero-order valence-electron chi connectivity index (χ0n) is 18.6. The van der Waals surface area contributed by atoms with Crippen molar-refractivity contribution in [2.24, 2.45) is 5.16 Å². The van der Waals surface area contributed by atoms with Crippen molar-refractivity contribution in [3.8, 4) is 0 Å². The number of hydrogen-bond donors (Lipinski definition) is 1. The molecule has 190 valence electrons. The molecule has 2 aromatic carbocycles. The number of alkyl halides is 6. The maximum atomic E-state index is 14.2. The van der Waals surface area contributed by atoms with Crippen LogP contribution in [-0.4, -0.2) is 29.3 Å². The van der Waals surface area contributed by atoms with Crippen molar-refractivity contribution in [3.63, 3.8) is 0 Å². The standard InChI is InChI=1S/C23H21BrF6N2O2S/c1-3-35-12-20(33)31-13(2)14-4-6-15(7-5-14)19-11-21(34-32-19,23(28,29)30)16-8-17(22(25,26)27)10-18(24)9-16/h4-10,13H,3,11-12H2,1-2H3,(H,31,33)/t13-,21?/m0/s1. The lowest BCUT2D eigenvalue weighted by Crippen LogP contribution is -2.43. The van der Waals surface area contributed by atoms with Crippen molar-refractivity contribution in [3.05, 3.63) is 69.2 Å². The van der Waals surface area contributed by atoms with Crippen LogP contribution < -0.4 is 5.32 Å². The highest BCUT2D eigenvalue weighted by Crippen LogP contribution is 2.50. The third-order valence-electron chi connectivity index (χ3n) is 5.44. The Kier molecular flexibility index (Phi) is 8.15. The van der Waals surface area contributed by atoms with Crippen LogP contribution in [0.3, 0.4) is 0 Å². The van der Waals surface area contributed by atoms with Crippen LogP contribution in [0.2, 0.25) is 0 Å². The van der Waals surface area contributed by atoms with E-state index in [1.807, 2.05) is 6.92 Å². The fraction of sp³-hybridized carbons (Fsp3) is 0.391. The average Bonchev–Trinajstić information content (AvgIpc) is 3.24. The van der Waals surface area contributed by atoms with Crippen LogP contribution in [0.25, 0.3) is 0 Å². The largest absolute Gasteiger partial charge is 0.435 e. The molecule has 1 unspecified atom stereocenters. The highest BCUT2D eigenvalue weighted by Gasteiger charge is 2.62. The van der Waals surface area contributed by atoms with Crippen molar-refractivity contribution in [2.75, 3.05) is 11.5 Å². The SMILES string of the molecule is CCSCC(=O)N[C@@H](C)c1ccc(C2=NOC(c3cc(Br)cc(C(F)(F)F)c3)(C(F)(F)F)C2)cc1. The fourth-order valence-electron chi connectivity index (χ4n) is 3.57. The molecule has 2 aromatic rings. The molecule has 0 spiro atoms. The third kappa shape index (κ3) is 6.14. The molecule has 0 saturated carbocycles. The molecular formula is C23H21BrF6N2O2S. The summed E-state index contributed by atoms with van der Waals surface area (Å²) < 4.78 is 82.1. The Morgan fingerprint density at radius 2 is 1.83 bits per heavy atom. The normalized spacial score (nSPS) is 19.2. The monoisotopic (exact) mass is 582 g/mol. The van der Waals surface area contributed by atoms with Gasteiger partial charge in [-0.1, -0.05) is 52.3 Å². The highest BCUT2D eigenvalue weighted by atomic mass is 79.9. The van der Waals surface area contributed by atoms with Crippen molar-refractivity contribution in [1.29, 1.82) is 0 Å². The van der Waals surface area contributed by atoms with E-state index in [4.69, 9.17) is 4.84 Å². The second-order valence-electron chi connectivity index (χ2n) is 7.91. The Labute approximate surface area is 210 Å². The van der Waals surface area contributed by atoms with Crippen LogP contribution in [0.4, 0.5) is 26.3 Å². The van der Waals surface area contributed by atoms with Crippen molar-refractivity contribution >= 4 is 39.3 Å². The van der Waals surface area contributed by atoms with Gasteiger partial charge in [-0.3, -0.25) is 4.79 Å². The second kappa shape index (κ2) is 10.4. The van der Waals surface area contributed by atoms with Crippen molar-refractivity contribution < 1.29 is 36.0 Å². The van der Waals surface area contributed by atoms with Crippen LogP contribution in [0, 0.1) is 0 Å². The molecule has 1 aliphatic rings. The maximum absolute atomic E-state index is 14.2. The van der Waals surface area contributed by atoms with Gasteiger partial charge in [-0.25, -0.2) is 0 Å². The van der Waals surface area contributed by atoms with Crippen LogP contribution in [0.1, 0.15) is 48.6 Å². The summed E-state index contributed by atoms with van der Waals surface area (Å²) in [6.45, 7) is 3.72. The molecule has 1 N–H and O–H groups in total. The van der Waals surface area contributed by atoms with Gasteiger partial charge in [-0.05, 0) is 42.0 Å². The smallest absolute Gasteiger partial charge is 0.374 e. The summed E-state index contributed by atoms with van der Waals surface area (Å²) in [6, 6.07) is 8.11. The Bertz CT molecular complexity index is 1100. The molecule has 2 atom stereocenters. The first-order chi connectivity index (χ1) is 16.3. The van der Waals surface area contributed by atoms with E-state index >= 15 is 0 Å². The second-order valence-corrected chi connectivity index (χ2v) is 10.1. The number of nitrogens with zero attached hydrogens (tertiary/aromatic N) is 1. The predicted octanol–water partition coefficient (Wildman–Crippen LogP) is 6.98. The van der Waals surface area contributed by atoms with Gasteiger partial charge >= 0.3 is 12.4 Å². The van der Waals surface area contributed by atoms with E-state index in [9.17, 15) is 31.1 Å². The number of thioether (sulfide) groups is 1. The van der Waals surface area contributed by atoms with Gasteiger partial charge in [-0.15, -0.1) is 0 Å². The van der Waals surface area contributed by atoms with E-state index in [-0.39, 0.29) is 22.1 Å². The maximum Gasteiger partial charge on any atom is 0.435 e. The van der Waals surface area contributed by atoms with Crippen molar-refractivity contribution in [2.45, 2.75) is 44.3 Å². The molecule has 0 aliphatic carbocycles.